The van der Waals surface area contributed by atoms with E-state index in [4.69, 9.17) is 9.84 Å². The topological polar surface area (TPSA) is 29.5 Å². The second kappa shape index (κ2) is 6.42. The molecule has 0 unspecified atom stereocenters. The molecule has 0 aliphatic heterocycles. The Hall–Kier alpha value is -1.32. The van der Waals surface area contributed by atoms with E-state index < -0.39 is 0 Å². The lowest BCUT2D eigenvalue weighted by molar-refractivity contribution is 0.201. The van der Waals surface area contributed by atoms with E-state index >= 15 is 0 Å². The molecular weight excluding hydrogens is 316 g/mol. The Morgan fingerprint density at radius 1 is 0.950 bits per heavy atom. The SMILES string of the molecule is CC(C)(c1ccc(Br)cc1)c1ccc(OCCO)cc1. The van der Waals surface area contributed by atoms with Crippen LogP contribution < -0.4 is 4.74 Å². The lowest BCUT2D eigenvalue weighted by Gasteiger charge is -2.26. The van der Waals surface area contributed by atoms with Crippen LogP contribution in [-0.4, -0.2) is 18.3 Å². The van der Waals surface area contributed by atoms with E-state index in [1.165, 1.54) is 11.1 Å². The lowest BCUT2D eigenvalue weighted by atomic mass is 9.78. The second-order valence-corrected chi connectivity index (χ2v) is 6.14. The maximum atomic E-state index is 8.75. The molecule has 2 aromatic carbocycles. The highest BCUT2D eigenvalue weighted by Crippen LogP contribution is 2.32. The number of hydrogen-bond acceptors (Lipinski definition) is 2. The van der Waals surface area contributed by atoms with Crippen molar-refractivity contribution in [3.8, 4) is 5.75 Å². The first-order valence-electron chi connectivity index (χ1n) is 6.64. The predicted molar refractivity (Wildman–Crippen MR) is 85.3 cm³/mol. The number of rotatable bonds is 5. The van der Waals surface area contributed by atoms with Crippen LogP contribution in [0.25, 0.3) is 0 Å². The quantitative estimate of drug-likeness (QED) is 0.890. The van der Waals surface area contributed by atoms with Crippen molar-refractivity contribution in [2.24, 2.45) is 0 Å². The number of halogens is 1. The molecule has 0 aromatic heterocycles. The summed E-state index contributed by atoms with van der Waals surface area (Å²) in [6.45, 7) is 4.78. The Morgan fingerprint density at radius 2 is 1.45 bits per heavy atom. The van der Waals surface area contributed by atoms with Crippen molar-refractivity contribution in [2.45, 2.75) is 19.3 Å². The maximum absolute atomic E-state index is 8.75. The molecule has 0 amide bonds. The van der Waals surface area contributed by atoms with Crippen molar-refractivity contribution < 1.29 is 9.84 Å². The van der Waals surface area contributed by atoms with Crippen molar-refractivity contribution in [3.63, 3.8) is 0 Å². The highest BCUT2D eigenvalue weighted by Gasteiger charge is 2.22. The normalized spacial score (nSPS) is 11.4. The van der Waals surface area contributed by atoms with Gasteiger partial charge in [-0.05, 0) is 35.4 Å². The standard InChI is InChI=1S/C17H19BrO2/c1-17(2,13-3-7-15(18)8-4-13)14-5-9-16(10-6-14)20-12-11-19/h3-10,19H,11-12H2,1-2H3. The zero-order chi connectivity index (χ0) is 14.6. The first-order valence-corrected chi connectivity index (χ1v) is 7.43. The molecule has 106 valence electrons. The maximum Gasteiger partial charge on any atom is 0.119 e. The van der Waals surface area contributed by atoms with Crippen molar-refractivity contribution in [3.05, 3.63) is 64.1 Å². The van der Waals surface area contributed by atoms with Crippen LogP contribution in [0, 0.1) is 0 Å². The van der Waals surface area contributed by atoms with Crippen molar-refractivity contribution in [1.29, 1.82) is 0 Å². The third-order valence-electron chi connectivity index (χ3n) is 3.50. The highest BCUT2D eigenvalue weighted by molar-refractivity contribution is 9.10. The van der Waals surface area contributed by atoms with Gasteiger partial charge in [-0.2, -0.15) is 0 Å². The van der Waals surface area contributed by atoms with E-state index in [1.807, 2.05) is 12.1 Å². The van der Waals surface area contributed by atoms with Crippen LogP contribution in [-0.2, 0) is 5.41 Å². The van der Waals surface area contributed by atoms with Gasteiger partial charge in [0.05, 0.1) is 6.61 Å². The Morgan fingerprint density at radius 3 is 1.95 bits per heavy atom. The van der Waals surface area contributed by atoms with E-state index in [9.17, 15) is 0 Å². The molecule has 0 spiro atoms. The zero-order valence-electron chi connectivity index (χ0n) is 11.8. The summed E-state index contributed by atoms with van der Waals surface area (Å²) in [6.07, 6.45) is 0. The summed E-state index contributed by atoms with van der Waals surface area (Å²) in [6, 6.07) is 16.5. The molecule has 0 aliphatic carbocycles. The Labute approximate surface area is 128 Å². The summed E-state index contributed by atoms with van der Waals surface area (Å²) in [7, 11) is 0. The van der Waals surface area contributed by atoms with Gasteiger partial charge in [0.2, 0.25) is 0 Å². The second-order valence-electron chi connectivity index (χ2n) is 5.23. The van der Waals surface area contributed by atoms with Gasteiger partial charge in [-0.1, -0.05) is 54.0 Å². The fourth-order valence-corrected chi connectivity index (χ4v) is 2.43. The molecule has 0 atom stereocenters. The van der Waals surface area contributed by atoms with Gasteiger partial charge in [0, 0.05) is 9.89 Å². The van der Waals surface area contributed by atoms with Gasteiger partial charge in [0.15, 0.2) is 0 Å². The molecule has 0 radical (unpaired) electrons. The van der Waals surface area contributed by atoms with E-state index in [0.29, 0.717) is 6.61 Å². The summed E-state index contributed by atoms with van der Waals surface area (Å²) < 4.78 is 6.48. The van der Waals surface area contributed by atoms with Gasteiger partial charge in [0.1, 0.15) is 12.4 Å². The smallest absolute Gasteiger partial charge is 0.119 e. The average molecular weight is 335 g/mol. The van der Waals surface area contributed by atoms with Crippen LogP contribution in [0.5, 0.6) is 5.75 Å². The minimum atomic E-state index is -0.0593. The molecule has 20 heavy (non-hydrogen) atoms. The minimum Gasteiger partial charge on any atom is -0.491 e. The summed E-state index contributed by atoms with van der Waals surface area (Å²) in [5.74, 6) is 0.786. The number of ether oxygens (including phenoxy) is 1. The molecular formula is C17H19BrO2. The number of aliphatic hydroxyl groups is 1. The molecule has 0 bridgehead atoms. The van der Waals surface area contributed by atoms with E-state index in [0.717, 1.165) is 10.2 Å². The monoisotopic (exact) mass is 334 g/mol. The number of aliphatic hydroxyl groups excluding tert-OH is 1. The largest absolute Gasteiger partial charge is 0.491 e. The third kappa shape index (κ3) is 3.41. The first-order chi connectivity index (χ1) is 9.54. The summed E-state index contributed by atoms with van der Waals surface area (Å²) in [5.41, 5.74) is 2.44. The fourth-order valence-electron chi connectivity index (χ4n) is 2.16. The Kier molecular flexibility index (Phi) is 4.84. The van der Waals surface area contributed by atoms with E-state index in [1.54, 1.807) is 0 Å². The molecule has 2 nitrogen and oxygen atoms in total. The molecule has 0 aliphatic rings. The van der Waals surface area contributed by atoms with Gasteiger partial charge < -0.3 is 9.84 Å². The molecule has 0 saturated carbocycles. The van der Waals surface area contributed by atoms with Crippen LogP contribution in [0.1, 0.15) is 25.0 Å². The highest BCUT2D eigenvalue weighted by atomic mass is 79.9. The Balaban J connectivity index is 2.22. The minimum absolute atomic E-state index is 0.0339. The molecule has 2 aromatic rings. The van der Waals surface area contributed by atoms with Gasteiger partial charge in [-0.25, -0.2) is 0 Å². The van der Waals surface area contributed by atoms with Crippen molar-refractivity contribution in [1.82, 2.24) is 0 Å². The van der Waals surface area contributed by atoms with Gasteiger partial charge in [0.25, 0.3) is 0 Å². The van der Waals surface area contributed by atoms with Gasteiger partial charge >= 0.3 is 0 Å². The van der Waals surface area contributed by atoms with Crippen LogP contribution in [0.2, 0.25) is 0 Å². The molecule has 1 N–H and O–H groups in total. The van der Waals surface area contributed by atoms with E-state index in [-0.39, 0.29) is 12.0 Å². The average Bonchev–Trinajstić information content (AvgIpc) is 2.46. The fraction of sp³-hybridized carbons (Fsp3) is 0.294. The third-order valence-corrected chi connectivity index (χ3v) is 4.03. The lowest BCUT2D eigenvalue weighted by Crippen LogP contribution is -2.18. The van der Waals surface area contributed by atoms with E-state index in [2.05, 4.69) is 66.2 Å². The molecule has 0 saturated heterocycles. The molecule has 0 heterocycles. The summed E-state index contributed by atoms with van der Waals surface area (Å²) >= 11 is 3.47. The number of hydrogen-bond donors (Lipinski definition) is 1. The number of benzene rings is 2. The molecule has 3 heteroatoms. The zero-order valence-corrected chi connectivity index (χ0v) is 13.4. The van der Waals surface area contributed by atoms with Crippen LogP contribution in [0.3, 0.4) is 0 Å². The summed E-state index contributed by atoms with van der Waals surface area (Å²) in [4.78, 5) is 0. The van der Waals surface area contributed by atoms with Crippen molar-refractivity contribution in [2.75, 3.05) is 13.2 Å². The van der Waals surface area contributed by atoms with Crippen LogP contribution in [0.15, 0.2) is 53.0 Å². The molecule has 2 rings (SSSR count). The first kappa shape index (κ1) is 15.1. The van der Waals surface area contributed by atoms with Crippen LogP contribution >= 0.6 is 15.9 Å². The predicted octanol–water partition coefficient (Wildman–Crippen LogP) is 4.15. The summed E-state index contributed by atoms with van der Waals surface area (Å²) in [5, 5.41) is 8.75. The Bertz CT molecular complexity index is 544. The van der Waals surface area contributed by atoms with Crippen molar-refractivity contribution >= 4 is 15.9 Å². The van der Waals surface area contributed by atoms with Crippen LogP contribution in [0.4, 0.5) is 0 Å². The molecule has 0 fully saturated rings. The van der Waals surface area contributed by atoms with Gasteiger partial charge in [-0.3, -0.25) is 0 Å². The van der Waals surface area contributed by atoms with Gasteiger partial charge in [-0.15, -0.1) is 0 Å².